The van der Waals surface area contributed by atoms with E-state index in [2.05, 4.69) is 17.4 Å². The number of hydrogen-bond acceptors (Lipinski definition) is 4. The summed E-state index contributed by atoms with van der Waals surface area (Å²) < 4.78 is 5.10. The van der Waals surface area contributed by atoms with Crippen molar-refractivity contribution in [2.24, 2.45) is 0 Å². The number of hydrogen-bond donors (Lipinski definition) is 2. The third-order valence-electron chi connectivity index (χ3n) is 3.30. The molecule has 22 heavy (non-hydrogen) atoms. The largest absolute Gasteiger partial charge is 0.462 e. The SMILES string of the molecule is CCCOC(=O)c1ccc(NCCc2ccccc2)c(N)c1. The van der Waals surface area contributed by atoms with Crippen molar-refractivity contribution in [2.45, 2.75) is 19.8 Å². The van der Waals surface area contributed by atoms with Gasteiger partial charge in [-0.2, -0.15) is 0 Å². The Kier molecular flexibility index (Phi) is 5.83. The molecule has 0 aliphatic carbocycles. The summed E-state index contributed by atoms with van der Waals surface area (Å²) in [5.74, 6) is -0.329. The summed E-state index contributed by atoms with van der Waals surface area (Å²) in [6, 6.07) is 15.5. The fourth-order valence-electron chi connectivity index (χ4n) is 2.11. The number of nitrogens with one attached hydrogen (secondary N) is 1. The Morgan fingerprint density at radius 3 is 2.64 bits per heavy atom. The van der Waals surface area contributed by atoms with Gasteiger partial charge in [-0.05, 0) is 36.6 Å². The smallest absolute Gasteiger partial charge is 0.338 e. The average molecular weight is 298 g/mol. The van der Waals surface area contributed by atoms with Gasteiger partial charge >= 0.3 is 5.97 Å². The summed E-state index contributed by atoms with van der Waals surface area (Å²) in [4.78, 5) is 11.8. The number of nitrogens with two attached hydrogens (primary N) is 1. The van der Waals surface area contributed by atoms with Crippen LogP contribution in [0, 0.1) is 0 Å². The molecule has 0 unspecified atom stereocenters. The fraction of sp³-hybridized carbons (Fsp3) is 0.278. The summed E-state index contributed by atoms with van der Waals surface area (Å²) >= 11 is 0. The maximum absolute atomic E-state index is 11.8. The number of ether oxygens (including phenoxy) is 1. The number of rotatable bonds is 7. The lowest BCUT2D eigenvalue weighted by atomic mass is 10.1. The van der Waals surface area contributed by atoms with Crippen LogP contribution in [0.3, 0.4) is 0 Å². The van der Waals surface area contributed by atoms with Crippen molar-refractivity contribution in [3.05, 3.63) is 59.7 Å². The van der Waals surface area contributed by atoms with Gasteiger partial charge in [-0.25, -0.2) is 4.79 Å². The molecule has 116 valence electrons. The van der Waals surface area contributed by atoms with E-state index in [0.29, 0.717) is 17.9 Å². The van der Waals surface area contributed by atoms with Crippen LogP contribution in [0.15, 0.2) is 48.5 Å². The first-order valence-corrected chi connectivity index (χ1v) is 7.55. The van der Waals surface area contributed by atoms with Gasteiger partial charge in [-0.15, -0.1) is 0 Å². The van der Waals surface area contributed by atoms with Crippen LogP contribution in [-0.2, 0) is 11.2 Å². The Balaban J connectivity index is 1.91. The third-order valence-corrected chi connectivity index (χ3v) is 3.30. The lowest BCUT2D eigenvalue weighted by Crippen LogP contribution is -2.09. The number of benzene rings is 2. The normalized spacial score (nSPS) is 10.2. The second kappa shape index (κ2) is 8.08. The van der Waals surface area contributed by atoms with Crippen molar-refractivity contribution >= 4 is 17.3 Å². The van der Waals surface area contributed by atoms with Crippen LogP contribution in [-0.4, -0.2) is 19.1 Å². The van der Waals surface area contributed by atoms with E-state index in [9.17, 15) is 4.79 Å². The van der Waals surface area contributed by atoms with E-state index in [1.807, 2.05) is 31.2 Å². The molecule has 0 saturated heterocycles. The number of carbonyl (C=O) groups is 1. The van der Waals surface area contributed by atoms with Gasteiger partial charge in [0.25, 0.3) is 0 Å². The predicted molar refractivity (Wildman–Crippen MR) is 90.1 cm³/mol. The molecule has 2 rings (SSSR count). The molecule has 0 aliphatic rings. The zero-order valence-corrected chi connectivity index (χ0v) is 12.8. The number of nitrogen functional groups attached to an aromatic ring is 1. The molecule has 0 aromatic heterocycles. The molecule has 0 saturated carbocycles. The van der Waals surface area contributed by atoms with Gasteiger partial charge in [-0.3, -0.25) is 0 Å². The molecule has 0 fully saturated rings. The van der Waals surface area contributed by atoms with Gasteiger partial charge in [0, 0.05) is 6.54 Å². The molecule has 0 heterocycles. The van der Waals surface area contributed by atoms with E-state index in [4.69, 9.17) is 10.5 Å². The van der Waals surface area contributed by atoms with Crippen LogP contribution in [0.25, 0.3) is 0 Å². The molecule has 0 bridgehead atoms. The quantitative estimate of drug-likeness (QED) is 0.606. The molecule has 0 aliphatic heterocycles. The molecule has 0 atom stereocenters. The molecule has 4 heteroatoms. The maximum atomic E-state index is 11.8. The van der Waals surface area contributed by atoms with E-state index >= 15 is 0 Å². The van der Waals surface area contributed by atoms with Crippen LogP contribution in [0.1, 0.15) is 29.3 Å². The Morgan fingerprint density at radius 2 is 1.95 bits per heavy atom. The van der Waals surface area contributed by atoms with Crippen LogP contribution < -0.4 is 11.1 Å². The molecule has 3 N–H and O–H groups in total. The molecule has 0 amide bonds. The Morgan fingerprint density at radius 1 is 1.18 bits per heavy atom. The summed E-state index contributed by atoms with van der Waals surface area (Å²) in [7, 11) is 0. The van der Waals surface area contributed by atoms with Crippen LogP contribution in [0.5, 0.6) is 0 Å². The second-order valence-corrected chi connectivity index (χ2v) is 5.10. The van der Waals surface area contributed by atoms with Gasteiger partial charge < -0.3 is 15.8 Å². The first-order chi connectivity index (χ1) is 10.7. The summed E-state index contributed by atoms with van der Waals surface area (Å²) in [6.07, 6.45) is 1.72. The second-order valence-electron chi connectivity index (χ2n) is 5.10. The van der Waals surface area contributed by atoms with Gasteiger partial charge in [0.05, 0.1) is 23.5 Å². The molecule has 2 aromatic carbocycles. The minimum absolute atomic E-state index is 0.329. The van der Waals surface area contributed by atoms with E-state index < -0.39 is 0 Å². The van der Waals surface area contributed by atoms with Crippen molar-refractivity contribution in [3.63, 3.8) is 0 Å². The van der Waals surface area contributed by atoms with Crippen molar-refractivity contribution in [1.82, 2.24) is 0 Å². The highest BCUT2D eigenvalue weighted by molar-refractivity contribution is 5.91. The van der Waals surface area contributed by atoms with Gasteiger partial charge in [0.2, 0.25) is 0 Å². The van der Waals surface area contributed by atoms with E-state index in [-0.39, 0.29) is 5.97 Å². The first kappa shape index (κ1) is 15.9. The standard InChI is InChI=1S/C18H22N2O2/c1-2-12-22-18(21)15-8-9-17(16(19)13-15)20-11-10-14-6-4-3-5-7-14/h3-9,13,20H,2,10-12,19H2,1H3. The van der Waals surface area contributed by atoms with Crippen molar-refractivity contribution in [1.29, 1.82) is 0 Å². The van der Waals surface area contributed by atoms with Crippen LogP contribution in [0.2, 0.25) is 0 Å². The van der Waals surface area contributed by atoms with E-state index in [1.54, 1.807) is 12.1 Å². The lowest BCUT2D eigenvalue weighted by molar-refractivity contribution is 0.0505. The zero-order valence-electron chi connectivity index (χ0n) is 12.8. The van der Waals surface area contributed by atoms with Gasteiger partial charge in [0.15, 0.2) is 0 Å². The lowest BCUT2D eigenvalue weighted by Gasteiger charge is -2.11. The van der Waals surface area contributed by atoms with E-state index in [1.165, 1.54) is 5.56 Å². The molecule has 2 aromatic rings. The first-order valence-electron chi connectivity index (χ1n) is 7.55. The van der Waals surface area contributed by atoms with Crippen LogP contribution in [0.4, 0.5) is 11.4 Å². The topological polar surface area (TPSA) is 64.3 Å². The molecular formula is C18H22N2O2. The Bertz CT molecular complexity index is 612. The predicted octanol–water partition coefficient (Wildman–Crippen LogP) is 3.49. The highest BCUT2D eigenvalue weighted by Gasteiger charge is 2.09. The highest BCUT2D eigenvalue weighted by Crippen LogP contribution is 2.20. The zero-order chi connectivity index (χ0) is 15.8. The number of esters is 1. The number of carbonyl (C=O) groups excluding carboxylic acids is 1. The number of anilines is 2. The molecule has 0 radical (unpaired) electrons. The highest BCUT2D eigenvalue weighted by atomic mass is 16.5. The summed E-state index contributed by atoms with van der Waals surface area (Å²) in [5.41, 5.74) is 9.15. The Labute approximate surface area is 131 Å². The molecule has 0 spiro atoms. The molecule has 4 nitrogen and oxygen atoms in total. The monoisotopic (exact) mass is 298 g/mol. The van der Waals surface area contributed by atoms with Gasteiger partial charge in [-0.1, -0.05) is 37.3 Å². The van der Waals surface area contributed by atoms with Crippen LogP contribution >= 0.6 is 0 Å². The minimum atomic E-state index is -0.329. The molecular weight excluding hydrogens is 276 g/mol. The summed E-state index contributed by atoms with van der Waals surface area (Å²) in [5, 5.41) is 3.29. The van der Waals surface area contributed by atoms with Crippen molar-refractivity contribution in [3.8, 4) is 0 Å². The summed E-state index contributed by atoms with van der Waals surface area (Å²) in [6.45, 7) is 3.17. The van der Waals surface area contributed by atoms with Gasteiger partial charge in [0.1, 0.15) is 0 Å². The van der Waals surface area contributed by atoms with E-state index in [0.717, 1.165) is 25.1 Å². The van der Waals surface area contributed by atoms with Crippen molar-refractivity contribution < 1.29 is 9.53 Å². The average Bonchev–Trinajstić information content (AvgIpc) is 2.55. The third kappa shape index (κ3) is 4.52. The maximum Gasteiger partial charge on any atom is 0.338 e. The fourth-order valence-corrected chi connectivity index (χ4v) is 2.11. The van der Waals surface area contributed by atoms with Crippen molar-refractivity contribution in [2.75, 3.05) is 24.2 Å². The minimum Gasteiger partial charge on any atom is -0.462 e. The Hall–Kier alpha value is -2.49.